The van der Waals surface area contributed by atoms with Crippen LogP contribution < -0.4 is 4.31 Å². The molecule has 0 saturated heterocycles. The maximum atomic E-state index is 14.0. The van der Waals surface area contributed by atoms with Gasteiger partial charge in [0.2, 0.25) is 0 Å². The van der Waals surface area contributed by atoms with Crippen molar-refractivity contribution in [2.24, 2.45) is 0 Å². The first kappa shape index (κ1) is 18.3. The van der Waals surface area contributed by atoms with Gasteiger partial charge in [-0.05, 0) is 25.1 Å². The summed E-state index contributed by atoms with van der Waals surface area (Å²) in [6.07, 6.45) is 0. The van der Waals surface area contributed by atoms with Crippen molar-refractivity contribution >= 4 is 27.4 Å². The average Bonchev–Trinajstić information content (AvgIpc) is 2.53. The first-order valence-electron chi connectivity index (χ1n) is 6.88. The molecule has 0 saturated carbocycles. The molecule has 2 aromatic rings. The molecule has 0 aromatic heterocycles. The Morgan fingerprint density at radius 2 is 1.92 bits per heavy atom. The van der Waals surface area contributed by atoms with Crippen molar-refractivity contribution in [3.8, 4) is 0 Å². The zero-order valence-electron chi connectivity index (χ0n) is 12.9. The molecule has 0 spiro atoms. The molecule has 2 aromatic carbocycles. The highest BCUT2D eigenvalue weighted by Gasteiger charge is 2.30. The van der Waals surface area contributed by atoms with Gasteiger partial charge in [-0.25, -0.2) is 12.8 Å². The van der Waals surface area contributed by atoms with Crippen molar-refractivity contribution in [1.29, 1.82) is 0 Å². The van der Waals surface area contributed by atoms with Crippen molar-refractivity contribution < 1.29 is 27.6 Å². The average molecular weight is 368 g/mol. The topological polar surface area (TPSA) is 118 Å². The van der Waals surface area contributed by atoms with Gasteiger partial charge in [-0.15, -0.1) is 0 Å². The molecule has 0 aliphatic carbocycles. The normalized spacial score (nSPS) is 11.1. The van der Waals surface area contributed by atoms with Gasteiger partial charge in [0, 0.05) is 11.6 Å². The first-order valence-corrected chi connectivity index (χ1v) is 8.32. The van der Waals surface area contributed by atoms with Crippen molar-refractivity contribution in [1.82, 2.24) is 0 Å². The first-order chi connectivity index (χ1) is 11.6. The molecule has 0 aliphatic rings. The molecular weight excluding hydrogens is 355 g/mol. The van der Waals surface area contributed by atoms with Crippen LogP contribution in [0.15, 0.2) is 47.4 Å². The third-order valence-electron chi connectivity index (χ3n) is 3.37. The Bertz CT molecular complexity index is 945. The summed E-state index contributed by atoms with van der Waals surface area (Å²) in [5.41, 5.74) is -0.669. The highest BCUT2D eigenvalue weighted by Crippen LogP contribution is 2.29. The van der Waals surface area contributed by atoms with Crippen molar-refractivity contribution in [2.75, 3.05) is 10.8 Å². The van der Waals surface area contributed by atoms with Crippen LogP contribution in [0.5, 0.6) is 0 Å². The van der Waals surface area contributed by atoms with Crippen LogP contribution in [0.1, 0.15) is 5.56 Å². The summed E-state index contributed by atoms with van der Waals surface area (Å²) in [6.45, 7) is 0.394. The Kier molecular flexibility index (Phi) is 5.02. The van der Waals surface area contributed by atoms with Gasteiger partial charge in [-0.3, -0.25) is 19.2 Å². The number of para-hydroxylation sites is 1. The third-order valence-corrected chi connectivity index (χ3v) is 5.12. The van der Waals surface area contributed by atoms with E-state index in [1.165, 1.54) is 25.1 Å². The Hall–Kier alpha value is -3.01. The number of carboxylic acid groups (broad SMARTS) is 1. The van der Waals surface area contributed by atoms with Gasteiger partial charge in [0.15, 0.2) is 0 Å². The number of nitrogens with zero attached hydrogens (tertiary/aromatic N) is 2. The van der Waals surface area contributed by atoms with Gasteiger partial charge in [0.1, 0.15) is 12.4 Å². The zero-order chi connectivity index (χ0) is 18.8. The van der Waals surface area contributed by atoms with Gasteiger partial charge in [-0.2, -0.15) is 0 Å². The van der Waals surface area contributed by atoms with Crippen LogP contribution in [0.25, 0.3) is 0 Å². The minimum Gasteiger partial charge on any atom is -0.480 e. The number of aryl methyl sites for hydroxylation is 1. The van der Waals surface area contributed by atoms with Gasteiger partial charge in [0.05, 0.1) is 15.5 Å². The Labute approximate surface area is 142 Å². The summed E-state index contributed by atoms with van der Waals surface area (Å²) >= 11 is 0. The molecule has 0 radical (unpaired) electrons. The minimum atomic E-state index is -4.54. The molecule has 0 aliphatic heterocycles. The molecule has 8 nitrogen and oxygen atoms in total. The SMILES string of the molecule is Cc1ccc(S(=O)(=O)N(CC(=O)O)c2ccccc2F)cc1[N+](=O)[O-]. The second-order valence-electron chi connectivity index (χ2n) is 5.06. The van der Waals surface area contributed by atoms with E-state index in [9.17, 15) is 27.7 Å². The van der Waals surface area contributed by atoms with E-state index in [4.69, 9.17) is 5.11 Å². The maximum Gasteiger partial charge on any atom is 0.324 e. The van der Waals surface area contributed by atoms with Crippen molar-refractivity contribution in [3.05, 3.63) is 64.0 Å². The quantitative estimate of drug-likeness (QED) is 0.617. The van der Waals surface area contributed by atoms with Crippen LogP contribution in [0.3, 0.4) is 0 Å². The lowest BCUT2D eigenvalue weighted by Crippen LogP contribution is -2.36. The molecule has 0 bridgehead atoms. The van der Waals surface area contributed by atoms with E-state index in [1.54, 1.807) is 0 Å². The Balaban J connectivity index is 2.64. The monoisotopic (exact) mass is 368 g/mol. The number of carboxylic acids is 1. The number of sulfonamides is 1. The maximum absolute atomic E-state index is 14.0. The second kappa shape index (κ2) is 6.85. The van der Waals surface area contributed by atoms with E-state index < -0.39 is 49.5 Å². The smallest absolute Gasteiger partial charge is 0.324 e. The van der Waals surface area contributed by atoms with Crippen LogP contribution in [-0.4, -0.2) is 31.0 Å². The van der Waals surface area contributed by atoms with Gasteiger partial charge in [0.25, 0.3) is 15.7 Å². The second-order valence-corrected chi connectivity index (χ2v) is 6.92. The summed E-state index contributed by atoms with van der Waals surface area (Å²) in [5.74, 6) is -2.44. The number of nitro groups is 1. The lowest BCUT2D eigenvalue weighted by Gasteiger charge is -2.23. The predicted molar refractivity (Wildman–Crippen MR) is 86.4 cm³/mol. The number of aliphatic carboxylic acids is 1. The summed E-state index contributed by atoms with van der Waals surface area (Å²) in [5, 5.41) is 20.0. The molecule has 0 unspecified atom stereocenters. The number of hydrogen-bond donors (Lipinski definition) is 1. The fourth-order valence-corrected chi connectivity index (χ4v) is 3.59. The van der Waals surface area contributed by atoms with Crippen LogP contribution >= 0.6 is 0 Å². The number of rotatable bonds is 6. The number of benzene rings is 2. The van der Waals surface area contributed by atoms with E-state index in [0.717, 1.165) is 24.3 Å². The van der Waals surface area contributed by atoms with E-state index in [-0.39, 0.29) is 5.56 Å². The summed E-state index contributed by atoms with van der Waals surface area (Å²) in [7, 11) is -4.54. The standard InChI is InChI=1S/C15H13FN2O6S/c1-10-6-7-11(8-14(10)18(21)22)25(23,24)17(9-15(19)20)13-5-3-2-4-12(13)16/h2-8H,9H2,1H3,(H,19,20). The third kappa shape index (κ3) is 3.74. The molecule has 25 heavy (non-hydrogen) atoms. The van der Waals surface area contributed by atoms with Crippen molar-refractivity contribution in [2.45, 2.75) is 11.8 Å². The van der Waals surface area contributed by atoms with Crippen molar-refractivity contribution in [3.63, 3.8) is 0 Å². The molecular formula is C15H13FN2O6S. The molecule has 0 fully saturated rings. The molecule has 2 rings (SSSR count). The van der Waals surface area contributed by atoms with E-state index in [0.29, 0.717) is 4.31 Å². The number of hydrogen-bond acceptors (Lipinski definition) is 5. The Morgan fingerprint density at radius 3 is 2.48 bits per heavy atom. The molecule has 0 amide bonds. The van der Waals surface area contributed by atoms with Gasteiger partial charge in [-0.1, -0.05) is 18.2 Å². The summed E-state index contributed by atoms with van der Waals surface area (Å²) < 4.78 is 39.9. The van der Waals surface area contributed by atoms with Crippen LogP contribution in [0, 0.1) is 22.9 Å². The minimum absolute atomic E-state index is 0.236. The fourth-order valence-electron chi connectivity index (χ4n) is 2.15. The molecule has 0 atom stereocenters. The van der Waals surface area contributed by atoms with Crippen LogP contribution in [-0.2, 0) is 14.8 Å². The lowest BCUT2D eigenvalue weighted by molar-refractivity contribution is -0.385. The number of halogens is 1. The predicted octanol–water partition coefficient (Wildman–Crippen LogP) is 2.32. The van der Waals surface area contributed by atoms with Crippen LogP contribution in [0.4, 0.5) is 15.8 Å². The van der Waals surface area contributed by atoms with E-state index in [1.807, 2.05) is 0 Å². The number of anilines is 1. The van der Waals surface area contributed by atoms with E-state index >= 15 is 0 Å². The summed E-state index contributed by atoms with van der Waals surface area (Å²) in [4.78, 5) is 20.8. The summed E-state index contributed by atoms with van der Waals surface area (Å²) in [6, 6.07) is 7.91. The molecule has 1 N–H and O–H groups in total. The highest BCUT2D eigenvalue weighted by atomic mass is 32.2. The molecule has 10 heteroatoms. The van der Waals surface area contributed by atoms with Gasteiger partial charge >= 0.3 is 5.97 Å². The number of nitro benzene ring substituents is 1. The number of carbonyl (C=O) groups is 1. The molecule has 132 valence electrons. The Morgan fingerprint density at radius 1 is 1.28 bits per heavy atom. The van der Waals surface area contributed by atoms with E-state index in [2.05, 4.69) is 0 Å². The van der Waals surface area contributed by atoms with Crippen LogP contribution in [0.2, 0.25) is 0 Å². The van der Waals surface area contributed by atoms with Gasteiger partial charge < -0.3 is 5.11 Å². The fraction of sp³-hybridized carbons (Fsp3) is 0.133. The highest BCUT2D eigenvalue weighted by molar-refractivity contribution is 7.92. The molecule has 0 heterocycles. The largest absolute Gasteiger partial charge is 0.480 e. The lowest BCUT2D eigenvalue weighted by atomic mass is 10.2. The zero-order valence-corrected chi connectivity index (χ0v) is 13.7.